The Kier molecular flexibility index (Phi) is 5.62. The van der Waals surface area contributed by atoms with Gasteiger partial charge in [-0.15, -0.1) is 0 Å². The lowest BCUT2D eigenvalue weighted by atomic mass is 9.90. The van der Waals surface area contributed by atoms with Crippen molar-refractivity contribution in [3.8, 4) is 12.1 Å². The third kappa shape index (κ3) is 3.95. The van der Waals surface area contributed by atoms with Crippen LogP contribution in [0.5, 0.6) is 0 Å². The van der Waals surface area contributed by atoms with Gasteiger partial charge in [0.2, 0.25) is 0 Å². The predicted molar refractivity (Wildman–Crippen MR) is 136 cm³/mol. The molecule has 0 saturated carbocycles. The molecule has 0 bridgehead atoms. The van der Waals surface area contributed by atoms with E-state index < -0.39 is 0 Å². The van der Waals surface area contributed by atoms with Gasteiger partial charge in [-0.2, -0.15) is 10.5 Å². The van der Waals surface area contributed by atoms with Crippen LogP contribution < -0.4 is 10.6 Å². The second-order valence-electron chi connectivity index (χ2n) is 8.18. The van der Waals surface area contributed by atoms with Crippen molar-refractivity contribution in [3.05, 3.63) is 112 Å². The number of fused-ring (bicyclic) bond motifs is 1. The number of rotatable bonds is 4. The number of benzene rings is 3. The van der Waals surface area contributed by atoms with Gasteiger partial charge in [0.1, 0.15) is 23.5 Å². The Bertz CT molecular complexity index is 1600. The Labute approximate surface area is 207 Å². The molecule has 0 aliphatic carbocycles. The van der Waals surface area contributed by atoms with Crippen molar-refractivity contribution in [1.29, 1.82) is 10.5 Å². The summed E-state index contributed by atoms with van der Waals surface area (Å²) < 4.78 is 6.26. The average molecular weight is 475 g/mol. The van der Waals surface area contributed by atoms with Crippen LogP contribution in [0.3, 0.4) is 0 Å². The molecule has 1 atom stereocenters. The van der Waals surface area contributed by atoms with Gasteiger partial charge in [0.15, 0.2) is 10.9 Å². The molecule has 0 amide bonds. The van der Waals surface area contributed by atoms with Crippen LogP contribution in [0.15, 0.2) is 77.3 Å². The third-order valence-corrected chi connectivity index (χ3v) is 6.19. The molecule has 6 nitrogen and oxygen atoms in total. The number of furan rings is 1. The Morgan fingerprint density at radius 2 is 1.69 bits per heavy atom. The summed E-state index contributed by atoms with van der Waals surface area (Å²) in [5.74, 6) is 0.106. The van der Waals surface area contributed by atoms with Crippen molar-refractivity contribution in [2.75, 3.05) is 0 Å². The van der Waals surface area contributed by atoms with Gasteiger partial charge in [-0.25, -0.2) is 0 Å². The van der Waals surface area contributed by atoms with Crippen LogP contribution in [0.4, 0.5) is 0 Å². The largest absolute Gasteiger partial charge is 0.455 e. The molecule has 0 unspecified atom stereocenters. The molecular weight excluding hydrogens is 456 g/mol. The first-order valence-electron chi connectivity index (χ1n) is 10.8. The van der Waals surface area contributed by atoms with Gasteiger partial charge in [0.05, 0.1) is 22.7 Å². The summed E-state index contributed by atoms with van der Waals surface area (Å²) in [5.41, 5.74) is 4.18. The van der Waals surface area contributed by atoms with E-state index in [0.29, 0.717) is 38.5 Å². The number of carbonyl (C=O) groups is 1. The fourth-order valence-electron chi connectivity index (χ4n) is 4.19. The normalized spacial score (nSPS) is 14.9. The summed E-state index contributed by atoms with van der Waals surface area (Å²) in [7, 11) is 0. The van der Waals surface area contributed by atoms with Gasteiger partial charge in [-0.3, -0.25) is 4.79 Å². The highest BCUT2D eigenvalue weighted by Crippen LogP contribution is 2.39. The first kappa shape index (κ1) is 22.1. The molecule has 0 saturated heterocycles. The molecule has 7 heteroatoms. The fraction of sp³-hybridized carbons (Fsp3) is 0.0714. The first-order chi connectivity index (χ1) is 17.0. The van der Waals surface area contributed by atoms with Gasteiger partial charge in [-0.05, 0) is 30.8 Å². The van der Waals surface area contributed by atoms with Crippen molar-refractivity contribution < 1.29 is 9.21 Å². The van der Waals surface area contributed by atoms with Crippen molar-refractivity contribution in [1.82, 2.24) is 10.6 Å². The molecular formula is C28H18N4O2S. The Morgan fingerprint density at radius 1 is 1.00 bits per heavy atom. The molecule has 0 spiro atoms. The number of nitrogens with zero attached hydrogens (tertiary/aromatic N) is 2. The zero-order valence-electron chi connectivity index (χ0n) is 18.6. The maximum absolute atomic E-state index is 13.9. The van der Waals surface area contributed by atoms with Crippen molar-refractivity contribution in [2.24, 2.45) is 0 Å². The molecule has 168 valence electrons. The summed E-state index contributed by atoms with van der Waals surface area (Å²) in [6.45, 7) is 1.95. The Hall–Kier alpha value is -4.72. The third-order valence-electron chi connectivity index (χ3n) is 5.95. The second kappa shape index (κ2) is 8.90. The fourth-order valence-corrected chi connectivity index (χ4v) is 4.36. The van der Waals surface area contributed by atoms with E-state index in [9.17, 15) is 15.3 Å². The summed E-state index contributed by atoms with van der Waals surface area (Å²) >= 11 is 5.35. The van der Waals surface area contributed by atoms with Crippen LogP contribution in [0.1, 0.15) is 50.0 Å². The molecule has 0 radical (unpaired) electrons. The monoisotopic (exact) mass is 474 g/mol. The van der Waals surface area contributed by atoms with E-state index >= 15 is 0 Å². The van der Waals surface area contributed by atoms with E-state index in [1.54, 1.807) is 24.4 Å². The number of hydrogen-bond acceptors (Lipinski definition) is 5. The standard InChI is InChI=1S/C28H18N4O2S/c1-16-7-9-18(10-8-16)26(33)24-21-11-19(13-29)20(14-30)12-23(21)34-27(24)22-15-31-28(35)32-25(22)17-5-3-2-4-6-17/h2-12,15,25H,1H3,(H2,31,32,35)/t25-/m0/s1. The number of carbonyl (C=O) groups excluding carboxylic acids is 1. The zero-order valence-corrected chi connectivity index (χ0v) is 19.4. The lowest BCUT2D eigenvalue weighted by Gasteiger charge is -2.27. The first-order valence-corrected chi connectivity index (χ1v) is 11.3. The number of ketones is 1. The van der Waals surface area contributed by atoms with Gasteiger partial charge < -0.3 is 15.1 Å². The van der Waals surface area contributed by atoms with Gasteiger partial charge >= 0.3 is 0 Å². The summed E-state index contributed by atoms with van der Waals surface area (Å²) in [6.07, 6.45) is 1.73. The predicted octanol–water partition coefficient (Wildman–Crippen LogP) is 5.28. The number of aryl methyl sites for hydroxylation is 1. The van der Waals surface area contributed by atoms with E-state index in [2.05, 4.69) is 10.6 Å². The van der Waals surface area contributed by atoms with Crippen LogP contribution in [-0.2, 0) is 0 Å². The van der Waals surface area contributed by atoms with Crippen LogP contribution in [-0.4, -0.2) is 10.9 Å². The smallest absolute Gasteiger partial charge is 0.197 e. The lowest BCUT2D eigenvalue weighted by molar-refractivity contribution is 0.103. The zero-order chi connectivity index (χ0) is 24.5. The molecule has 1 aromatic heterocycles. The molecule has 4 aromatic rings. The van der Waals surface area contributed by atoms with Crippen LogP contribution >= 0.6 is 12.2 Å². The van der Waals surface area contributed by atoms with Crippen molar-refractivity contribution >= 4 is 39.7 Å². The minimum absolute atomic E-state index is 0.181. The minimum Gasteiger partial charge on any atom is -0.455 e. The molecule has 1 aliphatic rings. The lowest BCUT2D eigenvalue weighted by Crippen LogP contribution is -2.40. The number of thiocarbonyl (C=S) groups is 1. The molecule has 2 N–H and O–H groups in total. The molecule has 35 heavy (non-hydrogen) atoms. The second-order valence-corrected chi connectivity index (χ2v) is 8.59. The van der Waals surface area contributed by atoms with Crippen LogP contribution in [0.2, 0.25) is 0 Å². The molecule has 3 aromatic carbocycles. The van der Waals surface area contributed by atoms with Crippen molar-refractivity contribution in [2.45, 2.75) is 13.0 Å². The highest BCUT2D eigenvalue weighted by molar-refractivity contribution is 7.80. The number of hydrogen-bond donors (Lipinski definition) is 2. The maximum atomic E-state index is 13.9. The minimum atomic E-state index is -0.374. The van der Waals surface area contributed by atoms with E-state index in [4.69, 9.17) is 16.6 Å². The summed E-state index contributed by atoms with van der Waals surface area (Å²) in [4.78, 5) is 13.9. The van der Waals surface area contributed by atoms with E-state index in [0.717, 1.165) is 11.1 Å². The highest BCUT2D eigenvalue weighted by atomic mass is 32.1. The summed E-state index contributed by atoms with van der Waals surface area (Å²) in [6, 6.07) is 23.8. The van der Waals surface area contributed by atoms with Crippen molar-refractivity contribution in [3.63, 3.8) is 0 Å². The van der Waals surface area contributed by atoms with E-state index in [1.165, 1.54) is 6.07 Å². The van der Waals surface area contributed by atoms with E-state index in [-0.39, 0.29) is 23.0 Å². The van der Waals surface area contributed by atoms with Crippen LogP contribution in [0, 0.1) is 29.6 Å². The van der Waals surface area contributed by atoms with Gasteiger partial charge in [0, 0.05) is 28.8 Å². The molecule has 5 rings (SSSR count). The van der Waals surface area contributed by atoms with Gasteiger partial charge in [-0.1, -0.05) is 60.2 Å². The number of nitriles is 2. The quantitative estimate of drug-likeness (QED) is 0.307. The number of nitrogens with one attached hydrogen (secondary N) is 2. The Morgan fingerprint density at radius 3 is 2.37 bits per heavy atom. The van der Waals surface area contributed by atoms with Crippen LogP contribution in [0.25, 0.3) is 16.5 Å². The molecule has 0 fully saturated rings. The topological polar surface area (TPSA) is 102 Å². The SMILES string of the molecule is Cc1ccc(C(=O)c2c(C3=CNC(=S)N[C@H]3c3ccccc3)oc3cc(C#N)c(C#N)cc23)cc1. The molecule has 1 aliphatic heterocycles. The Balaban J connectivity index is 1.78. The highest BCUT2D eigenvalue weighted by Gasteiger charge is 2.31. The van der Waals surface area contributed by atoms with Gasteiger partial charge in [0.25, 0.3) is 0 Å². The maximum Gasteiger partial charge on any atom is 0.197 e. The molecule has 2 heterocycles. The van der Waals surface area contributed by atoms with E-state index in [1.807, 2.05) is 61.5 Å². The average Bonchev–Trinajstić information content (AvgIpc) is 3.26. The summed E-state index contributed by atoms with van der Waals surface area (Å²) in [5, 5.41) is 26.3.